The van der Waals surface area contributed by atoms with Crippen LogP contribution in [-0.2, 0) is 4.74 Å². The summed E-state index contributed by atoms with van der Waals surface area (Å²) in [6.07, 6.45) is 0.898. The third-order valence-electron chi connectivity index (χ3n) is 1.10. The largest absolute Gasteiger partial charge is 0.378 e. The van der Waals surface area contributed by atoms with Gasteiger partial charge in [0, 0.05) is 6.61 Å². The van der Waals surface area contributed by atoms with Crippen LogP contribution in [0.1, 0.15) is 12.8 Å². The van der Waals surface area contributed by atoms with Crippen molar-refractivity contribution in [2.24, 2.45) is 0 Å². The first-order valence-corrected chi connectivity index (χ1v) is 2.61. The van der Waals surface area contributed by atoms with E-state index in [0.29, 0.717) is 13.0 Å². The summed E-state index contributed by atoms with van der Waals surface area (Å²) in [6, 6.07) is 0. The maximum atomic E-state index is 12.1. The highest BCUT2D eigenvalue weighted by Gasteiger charge is 2.10. The van der Waals surface area contributed by atoms with Crippen LogP contribution in [0.5, 0.6) is 0 Å². The smallest absolute Gasteiger partial charge is 0.123 e. The first-order chi connectivity index (χ1) is 3.39. The third-order valence-corrected chi connectivity index (χ3v) is 1.10. The van der Waals surface area contributed by atoms with E-state index in [1.807, 2.05) is 0 Å². The first-order valence-electron chi connectivity index (χ1n) is 2.61. The standard InChI is InChI=1S/C5H9FO/c6-5-2-1-3-7-4-5/h5H,1-4H2/t5-/m0/s1. The van der Waals surface area contributed by atoms with Crippen LogP contribution in [0, 0.1) is 0 Å². The van der Waals surface area contributed by atoms with E-state index in [1.165, 1.54) is 0 Å². The van der Waals surface area contributed by atoms with E-state index in [9.17, 15) is 4.39 Å². The molecule has 0 unspecified atom stereocenters. The van der Waals surface area contributed by atoms with Crippen LogP contribution < -0.4 is 0 Å². The molecule has 1 aliphatic rings. The van der Waals surface area contributed by atoms with Gasteiger partial charge in [-0.25, -0.2) is 4.39 Å². The molecular weight excluding hydrogens is 95.1 g/mol. The van der Waals surface area contributed by atoms with Gasteiger partial charge in [0.1, 0.15) is 6.17 Å². The fourth-order valence-corrected chi connectivity index (χ4v) is 0.701. The van der Waals surface area contributed by atoms with Crippen molar-refractivity contribution in [2.75, 3.05) is 13.2 Å². The molecule has 1 atom stereocenters. The topological polar surface area (TPSA) is 9.23 Å². The second kappa shape index (κ2) is 2.26. The molecule has 0 N–H and O–H groups in total. The maximum Gasteiger partial charge on any atom is 0.123 e. The second-order valence-corrected chi connectivity index (χ2v) is 1.81. The van der Waals surface area contributed by atoms with Crippen molar-refractivity contribution in [3.05, 3.63) is 0 Å². The molecule has 1 fully saturated rings. The fraction of sp³-hybridized carbons (Fsp3) is 1.00. The van der Waals surface area contributed by atoms with Crippen LogP contribution in [0.25, 0.3) is 0 Å². The summed E-state index contributed by atoms with van der Waals surface area (Å²) < 4.78 is 16.9. The molecule has 0 bridgehead atoms. The van der Waals surface area contributed by atoms with Crippen molar-refractivity contribution in [1.29, 1.82) is 0 Å². The van der Waals surface area contributed by atoms with E-state index in [2.05, 4.69) is 0 Å². The Morgan fingerprint density at radius 2 is 2.43 bits per heavy atom. The number of hydrogen-bond acceptors (Lipinski definition) is 1. The zero-order valence-electron chi connectivity index (χ0n) is 4.19. The van der Waals surface area contributed by atoms with Gasteiger partial charge >= 0.3 is 0 Å². The van der Waals surface area contributed by atoms with Crippen molar-refractivity contribution in [2.45, 2.75) is 19.0 Å². The van der Waals surface area contributed by atoms with Crippen LogP contribution in [0.3, 0.4) is 0 Å². The summed E-state index contributed by atoms with van der Waals surface area (Å²) in [7, 11) is 0. The van der Waals surface area contributed by atoms with Crippen molar-refractivity contribution in [1.82, 2.24) is 0 Å². The van der Waals surface area contributed by atoms with Crippen molar-refractivity contribution in [3.8, 4) is 0 Å². The summed E-state index contributed by atoms with van der Waals surface area (Å²) >= 11 is 0. The molecule has 1 rings (SSSR count). The third kappa shape index (κ3) is 1.43. The van der Waals surface area contributed by atoms with Gasteiger partial charge in [-0.05, 0) is 12.8 Å². The molecule has 0 aromatic heterocycles. The zero-order valence-corrected chi connectivity index (χ0v) is 4.19. The van der Waals surface area contributed by atoms with Gasteiger partial charge in [-0.15, -0.1) is 0 Å². The van der Waals surface area contributed by atoms with Gasteiger partial charge < -0.3 is 4.74 Å². The summed E-state index contributed by atoms with van der Waals surface area (Å²) in [4.78, 5) is 0. The Balaban J connectivity index is 2.12. The van der Waals surface area contributed by atoms with Gasteiger partial charge in [0.15, 0.2) is 0 Å². The van der Waals surface area contributed by atoms with Gasteiger partial charge in [0.05, 0.1) is 6.61 Å². The van der Waals surface area contributed by atoms with Crippen molar-refractivity contribution in [3.63, 3.8) is 0 Å². The predicted octanol–water partition coefficient (Wildman–Crippen LogP) is 1.13. The number of ether oxygens (including phenoxy) is 1. The molecule has 0 aromatic rings. The molecule has 42 valence electrons. The molecule has 1 nitrogen and oxygen atoms in total. The normalized spacial score (nSPS) is 33.0. The van der Waals surface area contributed by atoms with Gasteiger partial charge in [-0.1, -0.05) is 0 Å². The van der Waals surface area contributed by atoms with Crippen LogP contribution in [0.15, 0.2) is 0 Å². The van der Waals surface area contributed by atoms with E-state index < -0.39 is 6.17 Å². The quantitative estimate of drug-likeness (QED) is 0.447. The minimum Gasteiger partial charge on any atom is -0.378 e. The predicted molar refractivity (Wildman–Crippen MR) is 24.9 cm³/mol. The van der Waals surface area contributed by atoms with E-state index in [1.54, 1.807) is 0 Å². The second-order valence-electron chi connectivity index (χ2n) is 1.81. The SMILES string of the molecule is F[C@H]1CCCOC1. The summed E-state index contributed by atoms with van der Waals surface area (Å²) in [5.41, 5.74) is 0. The maximum absolute atomic E-state index is 12.1. The minimum atomic E-state index is -0.686. The number of hydrogen-bond donors (Lipinski definition) is 0. The monoisotopic (exact) mass is 104 g/mol. The van der Waals surface area contributed by atoms with E-state index in [0.717, 1.165) is 13.0 Å². The Hall–Kier alpha value is -0.110. The van der Waals surface area contributed by atoms with E-state index in [-0.39, 0.29) is 0 Å². The highest BCUT2D eigenvalue weighted by atomic mass is 19.1. The first kappa shape index (κ1) is 5.04. The lowest BCUT2D eigenvalue weighted by molar-refractivity contribution is 0.0366. The zero-order chi connectivity index (χ0) is 5.11. The number of alkyl halides is 1. The van der Waals surface area contributed by atoms with Crippen LogP contribution >= 0.6 is 0 Å². The molecule has 1 saturated heterocycles. The Morgan fingerprint density at radius 3 is 2.71 bits per heavy atom. The van der Waals surface area contributed by atoms with Crippen LogP contribution in [0.2, 0.25) is 0 Å². The number of rotatable bonds is 0. The minimum absolute atomic E-state index is 0.319. The summed E-state index contributed by atoms with van der Waals surface area (Å²) in [6.45, 7) is 1.07. The molecule has 0 spiro atoms. The summed E-state index contributed by atoms with van der Waals surface area (Å²) in [5, 5.41) is 0. The fourth-order valence-electron chi connectivity index (χ4n) is 0.701. The average molecular weight is 104 g/mol. The van der Waals surface area contributed by atoms with Crippen LogP contribution in [0.4, 0.5) is 4.39 Å². The van der Waals surface area contributed by atoms with Crippen LogP contribution in [-0.4, -0.2) is 19.4 Å². The molecule has 1 heterocycles. The average Bonchev–Trinajstić information content (AvgIpc) is 1.69. The molecule has 1 aliphatic heterocycles. The summed E-state index contributed by atoms with van der Waals surface area (Å²) in [5.74, 6) is 0. The highest BCUT2D eigenvalue weighted by molar-refractivity contribution is 4.58. The Kier molecular flexibility index (Phi) is 1.63. The molecule has 0 radical (unpaired) electrons. The lowest BCUT2D eigenvalue weighted by Crippen LogP contribution is -2.17. The highest BCUT2D eigenvalue weighted by Crippen LogP contribution is 2.07. The lowest BCUT2D eigenvalue weighted by atomic mass is 10.2. The Labute approximate surface area is 42.5 Å². The van der Waals surface area contributed by atoms with E-state index >= 15 is 0 Å². The molecular formula is C5H9FO. The lowest BCUT2D eigenvalue weighted by Gasteiger charge is -2.13. The Bertz CT molecular complexity index is 50.0. The van der Waals surface area contributed by atoms with Crippen molar-refractivity contribution >= 4 is 0 Å². The molecule has 0 amide bonds. The van der Waals surface area contributed by atoms with E-state index in [4.69, 9.17) is 4.74 Å². The van der Waals surface area contributed by atoms with Gasteiger partial charge in [-0.2, -0.15) is 0 Å². The number of halogens is 1. The molecule has 0 aromatic carbocycles. The van der Waals surface area contributed by atoms with Crippen molar-refractivity contribution < 1.29 is 9.13 Å². The van der Waals surface area contributed by atoms with Gasteiger partial charge in [0.2, 0.25) is 0 Å². The molecule has 2 heteroatoms. The molecule has 0 aliphatic carbocycles. The molecule has 7 heavy (non-hydrogen) atoms. The van der Waals surface area contributed by atoms with Gasteiger partial charge in [-0.3, -0.25) is 0 Å². The Morgan fingerprint density at radius 1 is 1.57 bits per heavy atom. The van der Waals surface area contributed by atoms with Gasteiger partial charge in [0.25, 0.3) is 0 Å². The molecule has 0 saturated carbocycles.